The van der Waals surface area contributed by atoms with Crippen molar-refractivity contribution in [3.8, 4) is 11.5 Å². The fourth-order valence-corrected chi connectivity index (χ4v) is 19.0. The number of hydrogen-bond donors (Lipinski definition) is 8. The van der Waals surface area contributed by atoms with Crippen LogP contribution in [0.5, 0.6) is 11.5 Å². The lowest BCUT2D eigenvalue weighted by molar-refractivity contribution is -0.337. The molecule has 15 unspecified atom stereocenters. The fourth-order valence-electron chi connectivity index (χ4n) is 19.0. The van der Waals surface area contributed by atoms with E-state index in [-0.39, 0.29) is 70.3 Å². The summed E-state index contributed by atoms with van der Waals surface area (Å²) in [5, 5.41) is 70.5. The Morgan fingerprint density at radius 2 is 1.76 bits per heavy atom. The molecule has 14 heteroatoms. The van der Waals surface area contributed by atoms with Gasteiger partial charge in [-0.3, -0.25) is 15.6 Å². The molecule has 6 aliphatic carbocycles. The molecule has 2 aromatic carbocycles. The molecular formula is C54H68N2O12. The molecule has 14 nitrogen and oxygen atoms in total. The third-order valence-electron chi connectivity index (χ3n) is 21.0. The second kappa shape index (κ2) is 15.1. The van der Waals surface area contributed by atoms with Crippen LogP contribution in [0, 0.1) is 46.3 Å². The number of phenolic OH excluding ortho intramolecular Hbond substituents is 1. The Kier molecular flexibility index (Phi) is 9.85. The maximum absolute atomic E-state index is 13.0. The Morgan fingerprint density at radius 3 is 2.54 bits per heavy atom. The summed E-state index contributed by atoms with van der Waals surface area (Å²) >= 11 is 0. The van der Waals surface area contributed by atoms with Gasteiger partial charge < -0.3 is 49.6 Å². The highest BCUT2D eigenvalue weighted by atomic mass is 16.7. The second-order valence-corrected chi connectivity index (χ2v) is 23.9. The van der Waals surface area contributed by atoms with Crippen molar-refractivity contribution in [2.24, 2.45) is 39.4 Å². The number of nitrogens with one attached hydrogen (secondary N) is 2. The van der Waals surface area contributed by atoms with Gasteiger partial charge in [0.2, 0.25) is 6.29 Å². The average Bonchev–Trinajstić information content (AvgIpc) is 4.08. The second-order valence-electron chi connectivity index (χ2n) is 23.9. The van der Waals surface area contributed by atoms with Crippen molar-refractivity contribution in [1.82, 2.24) is 10.9 Å². The number of phenols is 1. The van der Waals surface area contributed by atoms with Crippen molar-refractivity contribution in [3.05, 3.63) is 57.7 Å². The molecule has 8 N–H and O–H groups in total. The minimum atomic E-state index is -1.75. The van der Waals surface area contributed by atoms with Crippen LogP contribution in [-0.2, 0) is 14.2 Å². The molecule has 5 spiro atoms. The Balaban J connectivity index is 0.931. The van der Waals surface area contributed by atoms with E-state index in [1.54, 1.807) is 13.0 Å². The first kappa shape index (κ1) is 44.5. The normalized spacial score (nSPS) is 44.8. The molecular weight excluding hydrogens is 869 g/mol. The van der Waals surface area contributed by atoms with E-state index >= 15 is 0 Å². The molecule has 4 bridgehead atoms. The van der Waals surface area contributed by atoms with Crippen molar-refractivity contribution in [2.75, 3.05) is 19.8 Å². The maximum Gasteiger partial charge on any atom is 0.335 e. The zero-order chi connectivity index (χ0) is 46.9. The summed E-state index contributed by atoms with van der Waals surface area (Å²) in [5.41, 5.74) is 10.6. The first-order valence-electron chi connectivity index (χ1n) is 25.9. The van der Waals surface area contributed by atoms with E-state index in [2.05, 4.69) is 16.9 Å². The standard InChI is InChI=1S/C54H68N2O12/c1-27-17-29-18-30(47(63)64)19-37(40(29)42(60)39(27)28(2)58)66-48-43(61)45(62)54-21-34-41-32(36(68-54)10-9-35(59)46(54)67-48)7-8-33(41)52(15-6-16-57)26-65-23-31-20-49-24-51(14-5-13-50(51)11-3-4-12-50)22-38(49)55-56-53(34,25-49)44(31)52/h8,17-19,31,34-36,38,43-46,48,55-57,59-62H,3-7,9-16,20-26H2,1-2H3,(H,63,64). The van der Waals surface area contributed by atoms with Crippen molar-refractivity contribution in [1.29, 1.82) is 0 Å². The van der Waals surface area contributed by atoms with E-state index in [0.717, 1.165) is 24.8 Å². The van der Waals surface area contributed by atoms with Gasteiger partial charge in [-0.15, -0.1) is 0 Å². The summed E-state index contributed by atoms with van der Waals surface area (Å²) in [6, 6.07) is 4.52. The number of aromatic carboxylic acids is 1. The van der Waals surface area contributed by atoms with Crippen LogP contribution < -0.4 is 15.6 Å². The molecule has 9 fully saturated rings. The molecule has 2 aromatic rings. The van der Waals surface area contributed by atoms with Crippen LogP contribution in [0.25, 0.3) is 10.8 Å². The highest BCUT2D eigenvalue weighted by molar-refractivity contribution is 6.08. The lowest BCUT2D eigenvalue weighted by Crippen LogP contribution is -2.81. The van der Waals surface area contributed by atoms with Gasteiger partial charge in [0.15, 0.2) is 5.78 Å². The van der Waals surface area contributed by atoms with E-state index in [4.69, 9.17) is 18.9 Å². The summed E-state index contributed by atoms with van der Waals surface area (Å²) in [5.74, 6) is -2.04. The van der Waals surface area contributed by atoms with Gasteiger partial charge in [0.1, 0.15) is 35.4 Å². The van der Waals surface area contributed by atoms with Crippen molar-refractivity contribution in [2.45, 2.75) is 177 Å². The molecule has 68 heavy (non-hydrogen) atoms. The lowest BCUT2D eigenvalue weighted by atomic mass is 9.38. The zero-order valence-corrected chi connectivity index (χ0v) is 39.4. The van der Waals surface area contributed by atoms with E-state index in [9.17, 15) is 40.2 Å². The number of hydrogen-bond acceptors (Lipinski definition) is 13. The SMILES string of the molecule is CC(=O)c1c(C)cc2cc(C(=O)O)cc(OC3OC4C(O)CCC5OC4(CC4C6=C5CC=C6C5(CCCO)COCC6CC78CC4(NNC7CC4(CCCC47CCCC7)C8)C65)C(O)C3O)c2c1O. The predicted octanol–water partition coefficient (Wildman–Crippen LogP) is 6.06. The number of Topliss-reactive ketones (excluding diaryl/α,β-unsaturated/α-hetero) is 1. The zero-order valence-electron chi connectivity index (χ0n) is 39.4. The summed E-state index contributed by atoms with van der Waals surface area (Å²) in [7, 11) is 0. The van der Waals surface area contributed by atoms with Gasteiger partial charge >= 0.3 is 5.97 Å². The lowest BCUT2D eigenvalue weighted by Gasteiger charge is -2.72. The minimum absolute atomic E-state index is 0.00572. The van der Waals surface area contributed by atoms with E-state index in [0.29, 0.717) is 60.3 Å². The number of benzene rings is 2. The van der Waals surface area contributed by atoms with Gasteiger partial charge in [0, 0.05) is 36.1 Å². The third kappa shape index (κ3) is 5.67. The molecule has 4 saturated heterocycles. The van der Waals surface area contributed by atoms with E-state index in [1.807, 2.05) is 0 Å². The van der Waals surface area contributed by atoms with E-state index in [1.165, 1.54) is 88.0 Å². The average molecular weight is 937 g/mol. The van der Waals surface area contributed by atoms with Crippen LogP contribution in [0.15, 0.2) is 41.0 Å². The first-order chi connectivity index (χ1) is 32.6. The molecule has 5 heterocycles. The van der Waals surface area contributed by atoms with Gasteiger partial charge in [0.25, 0.3) is 0 Å². The Morgan fingerprint density at radius 1 is 0.971 bits per heavy atom. The molecule has 5 saturated carbocycles. The van der Waals surface area contributed by atoms with Crippen molar-refractivity contribution < 1.29 is 59.2 Å². The van der Waals surface area contributed by atoms with Crippen LogP contribution in [0.4, 0.5) is 0 Å². The Labute approximate surface area is 396 Å². The van der Waals surface area contributed by atoms with Crippen LogP contribution >= 0.6 is 0 Å². The summed E-state index contributed by atoms with van der Waals surface area (Å²) < 4.78 is 27.5. The minimum Gasteiger partial charge on any atom is -0.506 e. The number of fused-ring (bicyclic) bond motifs is 5. The van der Waals surface area contributed by atoms with Crippen molar-refractivity contribution >= 4 is 22.5 Å². The van der Waals surface area contributed by atoms with Gasteiger partial charge in [-0.2, -0.15) is 0 Å². The topological polar surface area (TPSA) is 216 Å². The summed E-state index contributed by atoms with van der Waals surface area (Å²) in [6.07, 6.45) is 11.3. The summed E-state index contributed by atoms with van der Waals surface area (Å²) in [6.45, 7) is 4.31. The Bertz CT molecular complexity index is 2570. The molecule has 11 aliphatic rings. The predicted molar refractivity (Wildman–Crippen MR) is 247 cm³/mol. The number of aliphatic hydroxyl groups is 4. The number of aliphatic hydroxyl groups excluding tert-OH is 4. The number of ether oxygens (including phenoxy) is 4. The summed E-state index contributed by atoms with van der Waals surface area (Å²) in [4.78, 5) is 25.2. The number of hydrazine groups is 1. The molecule has 0 amide bonds. The number of carboxylic acid groups (broad SMARTS) is 1. The Hall–Kier alpha value is -3.44. The number of aryl methyl sites for hydroxylation is 1. The van der Waals surface area contributed by atoms with Gasteiger partial charge in [0.05, 0.1) is 35.3 Å². The largest absolute Gasteiger partial charge is 0.506 e. The smallest absolute Gasteiger partial charge is 0.335 e. The molecule has 0 radical (unpaired) electrons. The van der Waals surface area contributed by atoms with Crippen molar-refractivity contribution in [3.63, 3.8) is 0 Å². The first-order valence-corrected chi connectivity index (χ1v) is 25.9. The maximum atomic E-state index is 13.0. The number of rotatable bonds is 7. The third-order valence-corrected chi connectivity index (χ3v) is 21.0. The molecule has 15 atom stereocenters. The van der Waals surface area contributed by atoms with Gasteiger partial charge in [-0.05, 0) is 172 Å². The van der Waals surface area contributed by atoms with Crippen LogP contribution in [-0.4, -0.2) is 116 Å². The molecule has 5 aliphatic heterocycles. The number of allylic oxidation sites excluding steroid dienone is 1. The monoisotopic (exact) mass is 936 g/mol. The molecule has 0 aromatic heterocycles. The number of carboxylic acids is 1. The quantitative estimate of drug-likeness (QED) is 0.148. The van der Waals surface area contributed by atoms with E-state index < -0.39 is 65.5 Å². The molecule has 366 valence electrons. The highest BCUT2D eigenvalue weighted by Crippen LogP contribution is 2.78. The number of aromatic hydroxyl groups is 1. The van der Waals surface area contributed by atoms with Crippen LogP contribution in [0.2, 0.25) is 0 Å². The number of carbonyl (C=O) groups is 2. The number of ketones is 1. The highest BCUT2D eigenvalue weighted by Gasteiger charge is 2.77. The van der Waals surface area contributed by atoms with Gasteiger partial charge in [-0.25, -0.2) is 4.79 Å². The number of carbonyl (C=O) groups excluding carboxylic acids is 1. The fraction of sp³-hybridized carbons (Fsp3) is 0.704. The molecule has 13 rings (SSSR count). The van der Waals surface area contributed by atoms with Crippen LogP contribution in [0.3, 0.4) is 0 Å². The van der Waals surface area contributed by atoms with Crippen LogP contribution in [0.1, 0.15) is 142 Å². The van der Waals surface area contributed by atoms with Gasteiger partial charge in [-0.1, -0.05) is 31.4 Å².